The lowest BCUT2D eigenvalue weighted by Crippen LogP contribution is -2.44. The van der Waals surface area contributed by atoms with E-state index in [0.29, 0.717) is 23.4 Å². The maximum Gasteiger partial charge on any atom is 0.303 e. The van der Waals surface area contributed by atoms with Crippen LogP contribution in [0, 0.1) is 5.82 Å². The number of hydrogen-bond donors (Lipinski definition) is 1. The smallest absolute Gasteiger partial charge is 0.303 e. The third-order valence-electron chi connectivity index (χ3n) is 3.98. The van der Waals surface area contributed by atoms with Crippen LogP contribution in [-0.2, 0) is 4.79 Å². The molecule has 0 aromatic heterocycles. The third-order valence-corrected chi connectivity index (χ3v) is 4.73. The van der Waals surface area contributed by atoms with Gasteiger partial charge in [-0.05, 0) is 50.1 Å². The highest BCUT2D eigenvalue weighted by molar-refractivity contribution is 7.98. The fraction of sp³-hybridized carbons (Fsp3) is 0.500. The number of carboxylic acid groups (broad SMARTS) is 1. The van der Waals surface area contributed by atoms with Gasteiger partial charge in [-0.3, -0.25) is 9.59 Å². The van der Waals surface area contributed by atoms with Gasteiger partial charge in [0.05, 0.1) is 0 Å². The van der Waals surface area contributed by atoms with Gasteiger partial charge in [-0.2, -0.15) is 0 Å². The van der Waals surface area contributed by atoms with Gasteiger partial charge in [0.25, 0.3) is 5.91 Å². The van der Waals surface area contributed by atoms with E-state index in [1.807, 2.05) is 0 Å². The van der Waals surface area contributed by atoms with Gasteiger partial charge in [-0.1, -0.05) is 0 Å². The Morgan fingerprint density at radius 2 is 2.18 bits per heavy atom. The fourth-order valence-corrected chi connectivity index (χ4v) is 3.32. The summed E-state index contributed by atoms with van der Waals surface area (Å²) in [6.45, 7) is 0.634. The van der Waals surface area contributed by atoms with Crippen LogP contribution in [-0.4, -0.2) is 40.7 Å². The van der Waals surface area contributed by atoms with Gasteiger partial charge >= 0.3 is 5.97 Å². The molecule has 1 aromatic rings. The van der Waals surface area contributed by atoms with E-state index in [0.717, 1.165) is 19.3 Å². The summed E-state index contributed by atoms with van der Waals surface area (Å²) in [4.78, 5) is 25.6. The van der Waals surface area contributed by atoms with E-state index >= 15 is 0 Å². The van der Waals surface area contributed by atoms with Crippen LogP contribution in [0.3, 0.4) is 0 Å². The standard InChI is InChI=1S/C16H20FNO3S/c1-22-14-10-11(5-7-13(14)17)16(21)18-9-3-2-4-12(18)6-8-15(19)20/h5,7,10,12H,2-4,6,8-9H2,1H3,(H,19,20). The number of amides is 1. The van der Waals surface area contributed by atoms with E-state index in [4.69, 9.17) is 5.11 Å². The van der Waals surface area contributed by atoms with Crippen molar-refractivity contribution >= 4 is 23.6 Å². The molecule has 1 aliphatic heterocycles. The summed E-state index contributed by atoms with van der Waals surface area (Å²) in [5.41, 5.74) is 0.466. The molecule has 0 spiro atoms. The second-order valence-electron chi connectivity index (χ2n) is 5.43. The lowest BCUT2D eigenvalue weighted by molar-refractivity contribution is -0.137. The summed E-state index contributed by atoms with van der Waals surface area (Å²) >= 11 is 1.27. The number of hydrogen-bond acceptors (Lipinski definition) is 3. The Morgan fingerprint density at radius 3 is 2.86 bits per heavy atom. The molecule has 1 atom stereocenters. The van der Waals surface area contributed by atoms with E-state index < -0.39 is 5.97 Å². The second kappa shape index (κ2) is 7.63. The molecular weight excluding hydrogens is 305 g/mol. The topological polar surface area (TPSA) is 57.6 Å². The molecule has 1 N–H and O–H groups in total. The largest absolute Gasteiger partial charge is 0.481 e. The predicted molar refractivity (Wildman–Crippen MR) is 83.7 cm³/mol. The number of rotatable bonds is 5. The molecule has 1 heterocycles. The SMILES string of the molecule is CSc1cc(C(=O)N2CCCCC2CCC(=O)O)ccc1F. The van der Waals surface area contributed by atoms with Crippen LogP contribution in [0.1, 0.15) is 42.5 Å². The number of nitrogens with zero attached hydrogens (tertiary/aromatic N) is 1. The fourth-order valence-electron chi connectivity index (χ4n) is 2.82. The first-order chi connectivity index (χ1) is 10.5. The molecule has 1 aromatic carbocycles. The summed E-state index contributed by atoms with van der Waals surface area (Å²) in [6, 6.07) is 4.35. The summed E-state index contributed by atoms with van der Waals surface area (Å²) in [5.74, 6) is -1.31. The highest BCUT2D eigenvalue weighted by Crippen LogP contribution is 2.25. The Kier molecular flexibility index (Phi) is 5.83. The zero-order chi connectivity index (χ0) is 16.1. The average molecular weight is 325 g/mol. The molecule has 22 heavy (non-hydrogen) atoms. The van der Waals surface area contributed by atoms with Crippen molar-refractivity contribution in [2.24, 2.45) is 0 Å². The highest BCUT2D eigenvalue weighted by atomic mass is 32.2. The molecule has 1 aliphatic rings. The molecule has 0 saturated carbocycles. The zero-order valence-electron chi connectivity index (χ0n) is 12.5. The molecule has 1 saturated heterocycles. The van der Waals surface area contributed by atoms with Crippen molar-refractivity contribution in [2.75, 3.05) is 12.8 Å². The predicted octanol–water partition coefficient (Wildman–Crippen LogP) is 3.41. The van der Waals surface area contributed by atoms with Gasteiger partial charge in [0.1, 0.15) is 5.82 Å². The Bertz CT molecular complexity index is 564. The van der Waals surface area contributed by atoms with Gasteiger partial charge in [-0.15, -0.1) is 11.8 Å². The first-order valence-corrected chi connectivity index (χ1v) is 8.61. The van der Waals surface area contributed by atoms with Crippen LogP contribution in [0.5, 0.6) is 0 Å². The van der Waals surface area contributed by atoms with Gasteiger partial charge < -0.3 is 10.0 Å². The number of piperidine rings is 1. The monoisotopic (exact) mass is 325 g/mol. The average Bonchev–Trinajstić information content (AvgIpc) is 2.53. The molecule has 6 heteroatoms. The first kappa shape index (κ1) is 16.8. The summed E-state index contributed by atoms with van der Waals surface area (Å²) in [6.07, 6.45) is 5.06. The van der Waals surface area contributed by atoms with Crippen molar-refractivity contribution in [3.63, 3.8) is 0 Å². The molecule has 2 rings (SSSR count). The van der Waals surface area contributed by atoms with Gasteiger partial charge in [0, 0.05) is 29.5 Å². The molecule has 1 fully saturated rings. The Balaban J connectivity index is 2.16. The summed E-state index contributed by atoms with van der Waals surface area (Å²) in [7, 11) is 0. The second-order valence-corrected chi connectivity index (χ2v) is 6.28. The van der Waals surface area contributed by atoms with Gasteiger partial charge in [-0.25, -0.2) is 4.39 Å². The van der Waals surface area contributed by atoms with Crippen molar-refractivity contribution < 1.29 is 19.1 Å². The number of halogens is 1. The van der Waals surface area contributed by atoms with Crippen LogP contribution in [0.4, 0.5) is 4.39 Å². The molecule has 1 unspecified atom stereocenters. The molecule has 4 nitrogen and oxygen atoms in total. The van der Waals surface area contributed by atoms with Crippen LogP contribution >= 0.6 is 11.8 Å². The van der Waals surface area contributed by atoms with Crippen LogP contribution in [0.15, 0.2) is 23.1 Å². The Labute approximate surface area is 133 Å². The van der Waals surface area contributed by atoms with Crippen LogP contribution in [0.2, 0.25) is 0 Å². The molecule has 120 valence electrons. The molecule has 1 amide bonds. The molecule has 0 aliphatic carbocycles. The van der Waals surface area contributed by atoms with Crippen LogP contribution in [0.25, 0.3) is 0 Å². The van der Waals surface area contributed by atoms with Gasteiger partial charge in [0.15, 0.2) is 0 Å². The lowest BCUT2D eigenvalue weighted by atomic mass is 9.97. The maximum atomic E-state index is 13.6. The summed E-state index contributed by atoms with van der Waals surface area (Å²) < 4.78 is 13.6. The lowest BCUT2D eigenvalue weighted by Gasteiger charge is -2.35. The number of carbonyl (C=O) groups excluding carboxylic acids is 1. The first-order valence-electron chi connectivity index (χ1n) is 7.39. The number of aliphatic carboxylic acids is 1. The minimum Gasteiger partial charge on any atom is -0.481 e. The van der Waals surface area contributed by atoms with Crippen molar-refractivity contribution in [3.05, 3.63) is 29.6 Å². The van der Waals surface area contributed by atoms with E-state index in [2.05, 4.69) is 0 Å². The number of benzene rings is 1. The minimum absolute atomic E-state index is 0.0415. The number of carboxylic acids is 1. The summed E-state index contributed by atoms with van der Waals surface area (Å²) in [5, 5.41) is 8.84. The third kappa shape index (κ3) is 4.00. The van der Waals surface area contributed by atoms with Crippen LogP contribution < -0.4 is 0 Å². The van der Waals surface area contributed by atoms with Gasteiger partial charge in [0.2, 0.25) is 0 Å². The molecule has 0 bridgehead atoms. The molecule has 0 radical (unpaired) electrons. The number of likely N-dealkylation sites (tertiary alicyclic amines) is 1. The Morgan fingerprint density at radius 1 is 1.41 bits per heavy atom. The van der Waals surface area contributed by atoms with E-state index in [9.17, 15) is 14.0 Å². The number of carbonyl (C=O) groups is 2. The van der Waals surface area contributed by atoms with Crippen molar-refractivity contribution in [1.82, 2.24) is 4.90 Å². The quantitative estimate of drug-likeness (QED) is 0.843. The van der Waals surface area contributed by atoms with E-state index in [1.54, 1.807) is 17.2 Å². The minimum atomic E-state index is -0.843. The Hall–Kier alpha value is -1.56. The molecular formula is C16H20FNO3S. The highest BCUT2D eigenvalue weighted by Gasteiger charge is 2.28. The zero-order valence-corrected chi connectivity index (χ0v) is 13.4. The van der Waals surface area contributed by atoms with Crippen molar-refractivity contribution in [3.8, 4) is 0 Å². The van der Waals surface area contributed by atoms with E-state index in [-0.39, 0.29) is 24.2 Å². The van der Waals surface area contributed by atoms with Crippen molar-refractivity contribution in [2.45, 2.75) is 43.0 Å². The van der Waals surface area contributed by atoms with Crippen molar-refractivity contribution in [1.29, 1.82) is 0 Å². The normalized spacial score (nSPS) is 18.3. The maximum absolute atomic E-state index is 13.6. The van der Waals surface area contributed by atoms with E-state index in [1.165, 1.54) is 23.9 Å². The number of thioether (sulfide) groups is 1.